The zero-order valence-corrected chi connectivity index (χ0v) is 14.3. The van der Waals surface area contributed by atoms with Gasteiger partial charge in [0, 0.05) is 38.0 Å². The van der Waals surface area contributed by atoms with Gasteiger partial charge in [-0.3, -0.25) is 14.5 Å². The van der Waals surface area contributed by atoms with Crippen molar-refractivity contribution >= 4 is 11.8 Å². The predicted molar refractivity (Wildman–Crippen MR) is 85.7 cm³/mol. The second kappa shape index (κ2) is 6.88. The number of amides is 2. The first-order valence-electron chi connectivity index (χ1n) is 8.57. The molecule has 8 nitrogen and oxygen atoms in total. The van der Waals surface area contributed by atoms with Crippen molar-refractivity contribution in [2.24, 2.45) is 11.7 Å². The van der Waals surface area contributed by atoms with Gasteiger partial charge in [-0.1, -0.05) is 19.0 Å². The largest absolute Gasteiger partial charge is 0.369 e. The van der Waals surface area contributed by atoms with E-state index in [4.69, 9.17) is 10.3 Å². The molecule has 2 aliphatic rings. The highest BCUT2D eigenvalue weighted by Crippen LogP contribution is 2.26. The molecule has 2 N–H and O–H groups in total. The monoisotopic (exact) mass is 335 g/mol. The second-order valence-corrected chi connectivity index (χ2v) is 7.06. The Bertz CT molecular complexity index is 607. The number of carbonyl (C=O) groups excluding carboxylic acids is 2. The Morgan fingerprint density at radius 2 is 2.08 bits per heavy atom. The molecule has 3 heterocycles. The average Bonchev–Trinajstić information content (AvgIpc) is 3.15. The molecule has 0 bridgehead atoms. The molecule has 2 aliphatic heterocycles. The van der Waals surface area contributed by atoms with Gasteiger partial charge in [-0.25, -0.2) is 0 Å². The fraction of sp³-hybridized carbons (Fsp3) is 0.750. The molecule has 0 aliphatic carbocycles. The Balaban J connectivity index is 1.50. The van der Waals surface area contributed by atoms with E-state index in [0.717, 1.165) is 31.8 Å². The Morgan fingerprint density at radius 1 is 1.38 bits per heavy atom. The summed E-state index contributed by atoms with van der Waals surface area (Å²) in [7, 11) is 0. The van der Waals surface area contributed by atoms with Gasteiger partial charge in [0.25, 0.3) is 0 Å². The van der Waals surface area contributed by atoms with Crippen LogP contribution >= 0.6 is 0 Å². The van der Waals surface area contributed by atoms with Crippen LogP contribution in [0.1, 0.15) is 50.7 Å². The van der Waals surface area contributed by atoms with E-state index in [2.05, 4.69) is 15.0 Å². The summed E-state index contributed by atoms with van der Waals surface area (Å²) in [5.41, 5.74) is 5.33. The number of hydrogen-bond donors (Lipinski definition) is 1. The first-order valence-corrected chi connectivity index (χ1v) is 8.57. The Kier molecular flexibility index (Phi) is 4.84. The maximum atomic E-state index is 12.1. The molecule has 24 heavy (non-hydrogen) atoms. The molecule has 2 saturated heterocycles. The third kappa shape index (κ3) is 3.58. The number of piperidine rings is 1. The Hall–Kier alpha value is -1.96. The van der Waals surface area contributed by atoms with Crippen LogP contribution in [0.3, 0.4) is 0 Å². The first-order chi connectivity index (χ1) is 11.4. The summed E-state index contributed by atoms with van der Waals surface area (Å²) in [5, 5.41) is 3.98. The third-order valence-corrected chi connectivity index (χ3v) is 4.92. The molecule has 1 aromatic heterocycles. The van der Waals surface area contributed by atoms with Crippen LogP contribution < -0.4 is 5.73 Å². The van der Waals surface area contributed by atoms with Gasteiger partial charge in [0.05, 0.1) is 12.5 Å². The Morgan fingerprint density at radius 3 is 2.62 bits per heavy atom. The first kappa shape index (κ1) is 16.9. The fourth-order valence-corrected chi connectivity index (χ4v) is 3.42. The highest BCUT2D eigenvalue weighted by Gasteiger charge is 2.38. The maximum Gasteiger partial charge on any atom is 0.240 e. The van der Waals surface area contributed by atoms with E-state index >= 15 is 0 Å². The fourth-order valence-electron chi connectivity index (χ4n) is 3.42. The summed E-state index contributed by atoms with van der Waals surface area (Å²) in [4.78, 5) is 31.9. The van der Waals surface area contributed by atoms with Crippen molar-refractivity contribution in [3.63, 3.8) is 0 Å². The number of primary amides is 1. The van der Waals surface area contributed by atoms with E-state index in [0.29, 0.717) is 19.0 Å². The van der Waals surface area contributed by atoms with Gasteiger partial charge >= 0.3 is 0 Å². The average molecular weight is 335 g/mol. The van der Waals surface area contributed by atoms with E-state index < -0.39 is 0 Å². The van der Waals surface area contributed by atoms with Crippen LogP contribution in [0.15, 0.2) is 4.52 Å². The summed E-state index contributed by atoms with van der Waals surface area (Å²) < 4.78 is 5.29. The molecule has 1 atom stereocenters. The van der Waals surface area contributed by atoms with Gasteiger partial charge in [-0.05, 0) is 12.8 Å². The number of hydrogen-bond acceptors (Lipinski definition) is 6. The molecule has 132 valence electrons. The lowest BCUT2D eigenvalue weighted by Gasteiger charge is -2.36. The smallest absolute Gasteiger partial charge is 0.240 e. The van der Waals surface area contributed by atoms with Crippen molar-refractivity contribution in [3.8, 4) is 0 Å². The van der Waals surface area contributed by atoms with E-state index in [9.17, 15) is 9.59 Å². The SMILES string of the molecule is CC(C)c1noc(CN2CCC(N3CC(C(N)=O)CC3=O)CC2)n1. The van der Waals surface area contributed by atoms with Crippen molar-refractivity contribution in [2.45, 2.75) is 51.6 Å². The second-order valence-electron chi connectivity index (χ2n) is 7.06. The van der Waals surface area contributed by atoms with Gasteiger partial charge in [-0.2, -0.15) is 4.98 Å². The lowest BCUT2D eigenvalue weighted by atomic mass is 10.0. The summed E-state index contributed by atoms with van der Waals surface area (Å²) in [6.07, 6.45) is 2.04. The quantitative estimate of drug-likeness (QED) is 0.839. The van der Waals surface area contributed by atoms with Crippen LogP contribution in [0.5, 0.6) is 0 Å². The van der Waals surface area contributed by atoms with Crippen LogP contribution in [0.4, 0.5) is 0 Å². The molecule has 1 unspecified atom stereocenters. The van der Waals surface area contributed by atoms with Gasteiger partial charge in [0.1, 0.15) is 0 Å². The maximum absolute atomic E-state index is 12.1. The van der Waals surface area contributed by atoms with Crippen molar-refractivity contribution in [3.05, 3.63) is 11.7 Å². The third-order valence-electron chi connectivity index (χ3n) is 4.92. The molecule has 3 rings (SSSR count). The summed E-state index contributed by atoms with van der Waals surface area (Å²) in [5.74, 6) is 0.982. The van der Waals surface area contributed by atoms with Crippen molar-refractivity contribution in [1.82, 2.24) is 19.9 Å². The van der Waals surface area contributed by atoms with Crippen LogP contribution in [0, 0.1) is 5.92 Å². The number of rotatable bonds is 5. The van der Waals surface area contributed by atoms with Gasteiger partial charge < -0.3 is 15.2 Å². The lowest BCUT2D eigenvalue weighted by Crippen LogP contribution is -2.45. The highest BCUT2D eigenvalue weighted by atomic mass is 16.5. The van der Waals surface area contributed by atoms with Crippen molar-refractivity contribution < 1.29 is 14.1 Å². The molecular formula is C16H25N5O3. The number of nitrogens with zero attached hydrogens (tertiary/aromatic N) is 4. The topological polar surface area (TPSA) is 106 Å². The van der Waals surface area contributed by atoms with Gasteiger partial charge in [0.2, 0.25) is 17.7 Å². The Labute approximate surface area is 141 Å². The molecule has 8 heteroatoms. The predicted octanol–water partition coefficient (Wildman–Crippen LogP) is 0.491. The highest BCUT2D eigenvalue weighted by molar-refractivity contribution is 5.88. The van der Waals surface area contributed by atoms with Gasteiger partial charge in [0.15, 0.2) is 5.82 Å². The van der Waals surface area contributed by atoms with Crippen molar-refractivity contribution in [2.75, 3.05) is 19.6 Å². The van der Waals surface area contributed by atoms with Crippen molar-refractivity contribution in [1.29, 1.82) is 0 Å². The molecular weight excluding hydrogens is 310 g/mol. The van der Waals surface area contributed by atoms with E-state index in [1.807, 2.05) is 18.7 Å². The minimum atomic E-state index is -0.374. The molecule has 2 fully saturated rings. The normalized spacial score (nSPS) is 23.4. The van der Waals surface area contributed by atoms with Crippen LogP contribution in [0.25, 0.3) is 0 Å². The number of likely N-dealkylation sites (tertiary alicyclic amines) is 2. The molecule has 0 radical (unpaired) electrons. The van der Waals surface area contributed by atoms with E-state index in [1.165, 1.54) is 0 Å². The number of carbonyl (C=O) groups is 2. The number of aromatic nitrogens is 2. The zero-order valence-electron chi connectivity index (χ0n) is 14.3. The molecule has 0 spiro atoms. The summed E-state index contributed by atoms with van der Waals surface area (Å²) in [6.45, 7) is 6.92. The molecule has 0 saturated carbocycles. The molecule has 2 amide bonds. The van der Waals surface area contributed by atoms with E-state index in [1.54, 1.807) is 0 Å². The van der Waals surface area contributed by atoms with E-state index in [-0.39, 0.29) is 36.1 Å². The summed E-state index contributed by atoms with van der Waals surface area (Å²) in [6, 6.07) is 0.201. The standard InChI is InChI=1S/C16H25N5O3/c1-10(2)16-18-13(24-19-16)9-20-5-3-12(4-6-20)21-8-11(15(17)23)7-14(21)22/h10-12H,3-9H2,1-2H3,(H2,17,23). The van der Waals surface area contributed by atoms with Gasteiger partial charge in [-0.15, -0.1) is 0 Å². The van der Waals surface area contributed by atoms with Crippen LogP contribution in [0.2, 0.25) is 0 Å². The zero-order chi connectivity index (χ0) is 17.3. The van der Waals surface area contributed by atoms with Crippen LogP contribution in [-0.2, 0) is 16.1 Å². The molecule has 0 aromatic carbocycles. The minimum Gasteiger partial charge on any atom is -0.369 e. The van der Waals surface area contributed by atoms with Crippen LogP contribution in [-0.4, -0.2) is 57.4 Å². The number of nitrogens with two attached hydrogens (primary N) is 1. The molecule has 1 aromatic rings. The lowest BCUT2D eigenvalue weighted by molar-refractivity contribution is -0.130. The minimum absolute atomic E-state index is 0.0516. The summed E-state index contributed by atoms with van der Waals surface area (Å²) >= 11 is 0.